The normalized spacial score (nSPS) is 17.4. The summed E-state index contributed by atoms with van der Waals surface area (Å²) < 4.78 is 11.3. The van der Waals surface area contributed by atoms with E-state index in [4.69, 9.17) is 9.47 Å². The number of benzene rings is 2. The molecule has 0 bridgehead atoms. The molecular formula is C30H46N4O4. The number of nitrogens with one attached hydrogen (secondary N) is 1. The van der Waals surface area contributed by atoms with Crippen LogP contribution in [0.2, 0.25) is 0 Å². The molecule has 2 aromatic rings. The second-order valence-corrected chi connectivity index (χ2v) is 9.15. The molecule has 2 aromatic carbocycles. The molecule has 2 saturated heterocycles. The molecule has 210 valence electrons. The standard InChI is InChI=1S/C20H22N2O3.C5H10N2O.C3H8.C2H6/c1-3-7-25-19-11-14-9-17-16(8-13(14)10-18(19)24-2)20(23)22-6-4-5-15(22)12-21-17;8-5-7-3-1-6-2-4-7;1-3-2;1-2/h8-12,15H,3-7H2,1-2H3;5-6H,1-4H2;3H2,1-2H3;1-2H3. The van der Waals surface area contributed by atoms with Gasteiger partial charge in [0.15, 0.2) is 11.5 Å². The van der Waals surface area contributed by atoms with Gasteiger partial charge >= 0.3 is 0 Å². The van der Waals surface area contributed by atoms with Crippen molar-refractivity contribution in [3.8, 4) is 11.5 Å². The molecule has 8 heteroatoms. The number of carbonyl (C=O) groups excluding carboxylic acids is 2. The fourth-order valence-electron chi connectivity index (χ4n) is 4.37. The fraction of sp³-hybridized carbons (Fsp3) is 0.567. The molecule has 3 aliphatic heterocycles. The highest BCUT2D eigenvalue weighted by molar-refractivity contribution is 6.07. The largest absolute Gasteiger partial charge is 0.493 e. The van der Waals surface area contributed by atoms with Crippen molar-refractivity contribution in [2.45, 2.75) is 66.3 Å². The number of carbonyl (C=O) groups is 2. The number of hydrogen-bond acceptors (Lipinski definition) is 6. The molecule has 1 N–H and O–H groups in total. The van der Waals surface area contributed by atoms with Gasteiger partial charge in [-0.25, -0.2) is 0 Å². The van der Waals surface area contributed by atoms with Crippen molar-refractivity contribution in [3.63, 3.8) is 0 Å². The van der Waals surface area contributed by atoms with Crippen LogP contribution in [-0.2, 0) is 4.79 Å². The van der Waals surface area contributed by atoms with Gasteiger partial charge in [0.25, 0.3) is 5.91 Å². The first kappa shape index (κ1) is 31.1. The van der Waals surface area contributed by atoms with Crippen LogP contribution in [0.3, 0.4) is 0 Å². The van der Waals surface area contributed by atoms with Crippen molar-refractivity contribution in [2.24, 2.45) is 4.99 Å². The van der Waals surface area contributed by atoms with Gasteiger partial charge in [-0.1, -0.05) is 41.0 Å². The van der Waals surface area contributed by atoms with Gasteiger partial charge in [0.05, 0.1) is 31.0 Å². The Kier molecular flexibility index (Phi) is 13.6. The molecule has 0 aromatic heterocycles. The van der Waals surface area contributed by atoms with E-state index < -0.39 is 0 Å². The minimum absolute atomic E-state index is 0.0715. The summed E-state index contributed by atoms with van der Waals surface area (Å²) in [6.07, 6.45) is 7.03. The quantitative estimate of drug-likeness (QED) is 0.524. The lowest BCUT2D eigenvalue weighted by Gasteiger charge is -2.22. The van der Waals surface area contributed by atoms with E-state index in [1.165, 1.54) is 6.42 Å². The predicted molar refractivity (Wildman–Crippen MR) is 156 cm³/mol. The summed E-state index contributed by atoms with van der Waals surface area (Å²) in [5, 5.41) is 5.11. The van der Waals surface area contributed by atoms with E-state index in [9.17, 15) is 9.59 Å². The molecule has 1 atom stereocenters. The molecule has 8 nitrogen and oxygen atoms in total. The van der Waals surface area contributed by atoms with Crippen LogP contribution in [0.25, 0.3) is 10.8 Å². The lowest BCUT2D eigenvalue weighted by atomic mass is 10.0. The number of piperazine rings is 1. The number of rotatable bonds is 5. The van der Waals surface area contributed by atoms with E-state index >= 15 is 0 Å². The summed E-state index contributed by atoms with van der Waals surface area (Å²) in [5.41, 5.74) is 1.40. The van der Waals surface area contributed by atoms with Crippen LogP contribution >= 0.6 is 0 Å². The van der Waals surface area contributed by atoms with E-state index in [2.05, 4.69) is 31.1 Å². The minimum Gasteiger partial charge on any atom is -0.493 e. The van der Waals surface area contributed by atoms with Gasteiger partial charge in [0, 0.05) is 38.9 Å². The molecule has 0 radical (unpaired) electrons. The highest BCUT2D eigenvalue weighted by Gasteiger charge is 2.31. The predicted octanol–water partition coefficient (Wildman–Crippen LogP) is 5.45. The highest BCUT2D eigenvalue weighted by atomic mass is 16.5. The lowest BCUT2D eigenvalue weighted by Crippen LogP contribution is -2.42. The molecule has 0 saturated carbocycles. The molecule has 2 amide bonds. The first-order chi connectivity index (χ1) is 18.6. The van der Waals surface area contributed by atoms with Crippen molar-refractivity contribution in [3.05, 3.63) is 29.8 Å². The lowest BCUT2D eigenvalue weighted by molar-refractivity contribution is -0.118. The number of amides is 2. The van der Waals surface area contributed by atoms with Gasteiger partial charge < -0.3 is 24.6 Å². The second kappa shape index (κ2) is 16.7. The SMILES string of the molecule is CC.CCC.CCCOc1cc2cc3c(cc2cc1OC)C(=O)N1CCCC1C=N3.O=CN1CCNCC1. The van der Waals surface area contributed by atoms with Crippen LogP contribution in [-0.4, -0.2) is 80.8 Å². The highest BCUT2D eigenvalue weighted by Crippen LogP contribution is 2.37. The fourth-order valence-corrected chi connectivity index (χ4v) is 4.37. The Hall–Kier alpha value is -3.13. The molecule has 0 aliphatic carbocycles. The van der Waals surface area contributed by atoms with E-state index in [0.29, 0.717) is 17.9 Å². The van der Waals surface area contributed by atoms with Gasteiger partial charge in [-0.15, -0.1) is 0 Å². The molecule has 5 rings (SSSR count). The van der Waals surface area contributed by atoms with Crippen LogP contribution in [0.5, 0.6) is 11.5 Å². The average Bonchev–Trinajstić information content (AvgIpc) is 3.40. The third-order valence-corrected chi connectivity index (χ3v) is 6.18. The third-order valence-electron chi connectivity index (χ3n) is 6.18. The van der Waals surface area contributed by atoms with Crippen LogP contribution < -0.4 is 14.8 Å². The van der Waals surface area contributed by atoms with Crippen molar-refractivity contribution in [1.29, 1.82) is 0 Å². The third kappa shape index (κ3) is 8.18. The van der Waals surface area contributed by atoms with E-state index in [0.717, 1.165) is 80.6 Å². The number of ether oxygens (including phenoxy) is 2. The minimum atomic E-state index is 0.0715. The number of methoxy groups -OCH3 is 1. The Labute approximate surface area is 228 Å². The van der Waals surface area contributed by atoms with Crippen LogP contribution in [0, 0.1) is 0 Å². The Morgan fingerprint density at radius 2 is 1.68 bits per heavy atom. The Balaban J connectivity index is 0.000000326. The van der Waals surface area contributed by atoms with Gasteiger partial charge in [-0.05, 0) is 54.3 Å². The number of aliphatic imine (C=N–C) groups is 1. The summed E-state index contributed by atoms with van der Waals surface area (Å²) in [6, 6.07) is 7.93. The first-order valence-corrected chi connectivity index (χ1v) is 14.1. The maximum atomic E-state index is 12.9. The monoisotopic (exact) mass is 526 g/mol. The Morgan fingerprint density at radius 1 is 1.03 bits per heavy atom. The van der Waals surface area contributed by atoms with E-state index in [1.54, 1.807) is 12.0 Å². The number of nitrogens with zero attached hydrogens (tertiary/aromatic N) is 3. The van der Waals surface area contributed by atoms with Gasteiger partial charge in [-0.2, -0.15) is 0 Å². The molecule has 38 heavy (non-hydrogen) atoms. The number of fused-ring (bicyclic) bond motifs is 3. The molecule has 3 heterocycles. The summed E-state index contributed by atoms with van der Waals surface area (Å²) >= 11 is 0. The van der Waals surface area contributed by atoms with Crippen LogP contribution in [0.15, 0.2) is 29.3 Å². The Bertz CT molecular complexity index is 1050. The van der Waals surface area contributed by atoms with Crippen molar-refractivity contribution in [2.75, 3.05) is 46.4 Å². The van der Waals surface area contributed by atoms with Gasteiger partial charge in [0.1, 0.15) is 0 Å². The maximum Gasteiger partial charge on any atom is 0.256 e. The maximum absolute atomic E-state index is 12.9. The van der Waals surface area contributed by atoms with Crippen LogP contribution in [0.1, 0.15) is 70.7 Å². The molecule has 1 unspecified atom stereocenters. The van der Waals surface area contributed by atoms with Crippen molar-refractivity contribution >= 4 is 35.0 Å². The van der Waals surface area contributed by atoms with E-state index in [1.807, 2.05) is 49.2 Å². The molecular weight excluding hydrogens is 480 g/mol. The summed E-state index contributed by atoms with van der Waals surface area (Å²) in [5.74, 6) is 1.48. The zero-order valence-corrected chi connectivity index (χ0v) is 24.1. The summed E-state index contributed by atoms with van der Waals surface area (Å²) in [7, 11) is 1.63. The molecule has 3 aliphatic rings. The number of hydrogen-bond donors (Lipinski definition) is 1. The van der Waals surface area contributed by atoms with Crippen LogP contribution in [0.4, 0.5) is 5.69 Å². The topological polar surface area (TPSA) is 83.5 Å². The molecule has 0 spiro atoms. The summed E-state index contributed by atoms with van der Waals surface area (Å²) in [4.78, 5) is 31.3. The van der Waals surface area contributed by atoms with Gasteiger partial charge in [-0.3, -0.25) is 14.6 Å². The van der Waals surface area contributed by atoms with Crippen molar-refractivity contribution < 1.29 is 19.1 Å². The Morgan fingerprint density at radius 3 is 2.29 bits per heavy atom. The smallest absolute Gasteiger partial charge is 0.256 e. The summed E-state index contributed by atoms with van der Waals surface area (Å²) in [6.45, 7) is 15.4. The first-order valence-electron chi connectivity index (χ1n) is 14.1. The molecule has 2 fully saturated rings. The zero-order valence-electron chi connectivity index (χ0n) is 24.1. The van der Waals surface area contributed by atoms with E-state index in [-0.39, 0.29) is 11.9 Å². The van der Waals surface area contributed by atoms with Gasteiger partial charge in [0.2, 0.25) is 6.41 Å². The average molecular weight is 527 g/mol. The van der Waals surface area contributed by atoms with Crippen molar-refractivity contribution in [1.82, 2.24) is 15.1 Å². The second-order valence-electron chi connectivity index (χ2n) is 9.15. The zero-order chi connectivity index (χ0) is 27.9.